The van der Waals surface area contributed by atoms with E-state index in [9.17, 15) is 9.59 Å². The monoisotopic (exact) mass is 388 g/mol. The largest absolute Gasteiger partial charge is 0.453 e. The number of hydrogen-bond acceptors (Lipinski definition) is 5. The van der Waals surface area contributed by atoms with Gasteiger partial charge >= 0.3 is 5.97 Å². The van der Waals surface area contributed by atoms with Crippen molar-refractivity contribution in [1.82, 2.24) is 0 Å². The van der Waals surface area contributed by atoms with E-state index in [0.717, 1.165) is 4.90 Å². The van der Waals surface area contributed by atoms with Crippen LogP contribution in [0.4, 0.5) is 5.69 Å². The lowest BCUT2D eigenvalue weighted by Crippen LogP contribution is -2.30. The first kappa shape index (κ1) is 19.8. The summed E-state index contributed by atoms with van der Waals surface area (Å²) < 4.78 is 5.15. The molecule has 1 amide bonds. The Kier molecular flexibility index (Phi) is 7.52. The topological polar surface area (TPSA) is 79.2 Å². The Morgan fingerprint density at radius 1 is 1.27 bits per heavy atom. The zero-order valence-corrected chi connectivity index (χ0v) is 15.6. The molecule has 0 saturated carbocycles. The Hall–Kier alpha value is -2.49. The van der Waals surface area contributed by atoms with E-state index in [1.807, 2.05) is 36.4 Å². The summed E-state index contributed by atoms with van der Waals surface area (Å²) in [7, 11) is 0. The van der Waals surface area contributed by atoms with Crippen LogP contribution in [-0.4, -0.2) is 23.7 Å². The average Bonchev–Trinajstić information content (AvgIpc) is 2.62. The van der Waals surface area contributed by atoms with E-state index in [0.29, 0.717) is 17.0 Å². The second-order valence-electron chi connectivity index (χ2n) is 5.34. The van der Waals surface area contributed by atoms with Crippen LogP contribution in [-0.2, 0) is 14.3 Å². The van der Waals surface area contributed by atoms with Gasteiger partial charge in [0.05, 0.1) is 17.0 Å². The zero-order valence-electron chi connectivity index (χ0n) is 14.1. The number of halogens is 1. The maximum atomic E-state index is 12.1. The Morgan fingerprint density at radius 2 is 2.00 bits per heavy atom. The highest BCUT2D eigenvalue weighted by atomic mass is 35.5. The van der Waals surface area contributed by atoms with Crippen molar-refractivity contribution in [3.8, 4) is 6.07 Å². The van der Waals surface area contributed by atoms with Crippen LogP contribution >= 0.6 is 23.4 Å². The first-order chi connectivity index (χ1) is 12.5. The van der Waals surface area contributed by atoms with Gasteiger partial charge in [-0.3, -0.25) is 9.59 Å². The number of carbonyl (C=O) groups is 2. The number of rotatable bonds is 7. The molecule has 0 spiro atoms. The third-order valence-corrected chi connectivity index (χ3v) is 4.68. The highest BCUT2D eigenvalue weighted by molar-refractivity contribution is 7.99. The maximum Gasteiger partial charge on any atom is 0.307 e. The highest BCUT2D eigenvalue weighted by Gasteiger charge is 2.18. The Labute approximate surface area is 161 Å². The molecule has 0 radical (unpaired) electrons. The molecule has 0 aromatic heterocycles. The third-order valence-electron chi connectivity index (χ3n) is 3.35. The van der Waals surface area contributed by atoms with Crippen molar-refractivity contribution in [3.05, 3.63) is 59.1 Å². The molecule has 0 heterocycles. The third kappa shape index (κ3) is 6.10. The number of ether oxygens (including phenoxy) is 1. The summed E-state index contributed by atoms with van der Waals surface area (Å²) in [5.74, 6) is -0.327. The molecule has 5 nitrogen and oxygen atoms in total. The van der Waals surface area contributed by atoms with Crippen molar-refractivity contribution in [2.24, 2.45) is 0 Å². The molecule has 0 saturated heterocycles. The molecule has 0 bridgehead atoms. The summed E-state index contributed by atoms with van der Waals surface area (Å²) in [5, 5.41) is 11.7. The fraction of sp³-hybridized carbons (Fsp3) is 0.211. The van der Waals surface area contributed by atoms with E-state index in [1.54, 1.807) is 17.8 Å². The van der Waals surface area contributed by atoms with E-state index >= 15 is 0 Å². The number of nitrogens with one attached hydrogen (secondary N) is 1. The van der Waals surface area contributed by atoms with Crippen LogP contribution < -0.4 is 5.32 Å². The van der Waals surface area contributed by atoms with Crippen LogP contribution in [0.1, 0.15) is 18.9 Å². The summed E-state index contributed by atoms with van der Waals surface area (Å²) in [5.41, 5.74) is 0.751. The summed E-state index contributed by atoms with van der Waals surface area (Å²) in [6.45, 7) is 1.50. The van der Waals surface area contributed by atoms with E-state index in [1.165, 1.54) is 19.1 Å². The number of benzene rings is 2. The summed E-state index contributed by atoms with van der Waals surface area (Å²) in [4.78, 5) is 25.0. The quantitative estimate of drug-likeness (QED) is 0.566. The van der Waals surface area contributed by atoms with Gasteiger partial charge in [-0.1, -0.05) is 29.8 Å². The molecule has 2 aromatic carbocycles. The fourth-order valence-electron chi connectivity index (χ4n) is 2.01. The Balaban J connectivity index is 1.78. The first-order valence-electron chi connectivity index (χ1n) is 7.87. The van der Waals surface area contributed by atoms with Crippen LogP contribution in [0.3, 0.4) is 0 Å². The number of amides is 1. The lowest BCUT2D eigenvalue weighted by atomic mass is 10.2. The minimum Gasteiger partial charge on any atom is -0.453 e. The predicted octanol–water partition coefficient (Wildman–Crippen LogP) is 4.26. The van der Waals surface area contributed by atoms with Gasteiger partial charge in [0.25, 0.3) is 5.91 Å². The number of carbonyl (C=O) groups excluding carboxylic acids is 2. The van der Waals surface area contributed by atoms with E-state index in [-0.39, 0.29) is 11.4 Å². The molecular formula is C19H17ClN2O3S. The van der Waals surface area contributed by atoms with E-state index < -0.39 is 18.0 Å². The van der Waals surface area contributed by atoms with E-state index in [2.05, 4.69) is 5.32 Å². The van der Waals surface area contributed by atoms with E-state index in [4.69, 9.17) is 21.6 Å². The van der Waals surface area contributed by atoms with Gasteiger partial charge in [-0.2, -0.15) is 5.26 Å². The number of thioether (sulfide) groups is 1. The van der Waals surface area contributed by atoms with Crippen LogP contribution in [0.5, 0.6) is 0 Å². The van der Waals surface area contributed by atoms with Gasteiger partial charge in [0.1, 0.15) is 6.07 Å². The molecule has 134 valence electrons. The van der Waals surface area contributed by atoms with Gasteiger partial charge in [0.2, 0.25) is 0 Å². The molecular weight excluding hydrogens is 372 g/mol. The Morgan fingerprint density at radius 3 is 2.65 bits per heavy atom. The average molecular weight is 389 g/mol. The van der Waals surface area contributed by atoms with Crippen molar-refractivity contribution in [1.29, 1.82) is 5.26 Å². The van der Waals surface area contributed by atoms with Gasteiger partial charge in [-0.05, 0) is 37.3 Å². The van der Waals surface area contributed by atoms with Gasteiger partial charge < -0.3 is 10.1 Å². The molecule has 0 fully saturated rings. The second-order valence-corrected chi connectivity index (χ2v) is 6.91. The minimum atomic E-state index is -0.932. The standard InChI is InChI=1S/C19H17ClN2O3S/c1-13(19(24)22-15-8-7-14(12-21)17(20)11-15)25-18(23)9-10-26-16-5-3-2-4-6-16/h2-8,11,13H,9-10H2,1H3,(H,22,24). The number of hydrogen-bond donors (Lipinski definition) is 1. The highest BCUT2D eigenvalue weighted by Crippen LogP contribution is 2.21. The summed E-state index contributed by atoms with van der Waals surface area (Å²) >= 11 is 7.47. The molecule has 1 atom stereocenters. The summed E-state index contributed by atoms with van der Waals surface area (Å²) in [6, 6.07) is 16.2. The lowest BCUT2D eigenvalue weighted by Gasteiger charge is -2.14. The molecule has 0 aliphatic rings. The Bertz CT molecular complexity index is 821. The van der Waals surface area contributed by atoms with Crippen molar-refractivity contribution in [2.45, 2.75) is 24.3 Å². The molecule has 1 unspecified atom stereocenters. The van der Waals surface area contributed by atoms with Gasteiger partial charge in [-0.15, -0.1) is 11.8 Å². The normalized spacial score (nSPS) is 11.3. The van der Waals surface area contributed by atoms with Gasteiger partial charge in [0.15, 0.2) is 6.10 Å². The maximum absolute atomic E-state index is 12.1. The lowest BCUT2D eigenvalue weighted by molar-refractivity contribution is -0.152. The van der Waals surface area contributed by atoms with Crippen molar-refractivity contribution in [2.75, 3.05) is 11.1 Å². The minimum absolute atomic E-state index is 0.208. The second kappa shape index (κ2) is 9.85. The van der Waals surface area contributed by atoms with Gasteiger partial charge in [-0.25, -0.2) is 0 Å². The fourth-order valence-corrected chi connectivity index (χ4v) is 3.08. The predicted molar refractivity (Wildman–Crippen MR) is 102 cm³/mol. The number of nitriles is 1. The number of anilines is 1. The zero-order chi connectivity index (χ0) is 18.9. The van der Waals surface area contributed by atoms with Gasteiger partial charge in [0, 0.05) is 16.3 Å². The first-order valence-corrected chi connectivity index (χ1v) is 9.24. The molecule has 0 aliphatic heterocycles. The van der Waals surface area contributed by atoms with Crippen LogP contribution in [0.25, 0.3) is 0 Å². The number of nitrogens with zero attached hydrogens (tertiary/aromatic N) is 1. The SMILES string of the molecule is CC(OC(=O)CCSc1ccccc1)C(=O)Nc1ccc(C#N)c(Cl)c1. The van der Waals surface area contributed by atoms with Crippen LogP contribution in [0, 0.1) is 11.3 Å². The molecule has 0 aliphatic carbocycles. The molecule has 26 heavy (non-hydrogen) atoms. The van der Waals surface area contributed by atoms with Crippen molar-refractivity contribution >= 4 is 40.9 Å². The molecule has 7 heteroatoms. The van der Waals surface area contributed by atoms with Crippen LogP contribution in [0.15, 0.2) is 53.4 Å². The van der Waals surface area contributed by atoms with Crippen molar-refractivity contribution in [3.63, 3.8) is 0 Å². The van der Waals surface area contributed by atoms with Crippen LogP contribution in [0.2, 0.25) is 5.02 Å². The van der Waals surface area contributed by atoms with Crippen molar-refractivity contribution < 1.29 is 14.3 Å². The smallest absolute Gasteiger partial charge is 0.307 e. The number of esters is 1. The molecule has 2 rings (SSSR count). The molecule has 1 N–H and O–H groups in total. The summed E-state index contributed by atoms with van der Waals surface area (Å²) in [6.07, 6.45) is -0.724. The molecule has 2 aromatic rings.